The molecule has 0 rings (SSSR count). The summed E-state index contributed by atoms with van der Waals surface area (Å²) in [7, 11) is 0. The molecule has 0 atom stereocenters. The van der Waals surface area contributed by atoms with Crippen molar-refractivity contribution in [2.45, 2.75) is 33.7 Å². The zero-order chi connectivity index (χ0) is 8.20. The Morgan fingerprint density at radius 3 is 2.20 bits per heavy atom. The molecule has 0 bridgehead atoms. The van der Waals surface area contributed by atoms with Gasteiger partial charge in [0.2, 0.25) is 0 Å². The standard InChI is InChI=1S/C8H18ClN/c1-7(2)10-6-8(3,4)5-9/h7,10H,5-6H2,1-4H3. The van der Waals surface area contributed by atoms with E-state index in [4.69, 9.17) is 11.6 Å². The van der Waals surface area contributed by atoms with Gasteiger partial charge in [-0.2, -0.15) is 0 Å². The molecular weight excluding hydrogens is 146 g/mol. The molecule has 0 radical (unpaired) electrons. The van der Waals surface area contributed by atoms with Crippen LogP contribution >= 0.6 is 11.6 Å². The highest BCUT2D eigenvalue weighted by Crippen LogP contribution is 2.14. The van der Waals surface area contributed by atoms with Gasteiger partial charge in [0.15, 0.2) is 0 Å². The molecule has 0 amide bonds. The summed E-state index contributed by atoms with van der Waals surface area (Å²) in [5.74, 6) is 0.715. The van der Waals surface area contributed by atoms with Crippen LogP contribution in [-0.4, -0.2) is 18.5 Å². The number of nitrogens with one attached hydrogen (secondary N) is 1. The van der Waals surface area contributed by atoms with Crippen LogP contribution in [0.15, 0.2) is 0 Å². The zero-order valence-electron chi connectivity index (χ0n) is 7.37. The van der Waals surface area contributed by atoms with Gasteiger partial charge in [-0.05, 0) is 5.41 Å². The van der Waals surface area contributed by atoms with Crippen molar-refractivity contribution >= 4 is 11.6 Å². The van der Waals surface area contributed by atoms with Gasteiger partial charge in [-0.15, -0.1) is 11.6 Å². The second-order valence-electron chi connectivity index (χ2n) is 3.83. The molecule has 0 aromatic heterocycles. The summed E-state index contributed by atoms with van der Waals surface area (Å²) in [6.45, 7) is 9.60. The fraction of sp³-hybridized carbons (Fsp3) is 1.00. The van der Waals surface area contributed by atoms with E-state index >= 15 is 0 Å². The molecule has 0 heterocycles. The molecule has 0 aliphatic carbocycles. The van der Waals surface area contributed by atoms with Gasteiger partial charge >= 0.3 is 0 Å². The fourth-order valence-electron chi connectivity index (χ4n) is 0.528. The number of hydrogen-bond acceptors (Lipinski definition) is 1. The molecule has 0 aromatic carbocycles. The van der Waals surface area contributed by atoms with E-state index in [1.54, 1.807) is 0 Å². The number of rotatable bonds is 4. The Kier molecular flexibility index (Phi) is 4.30. The average molecular weight is 164 g/mol. The highest BCUT2D eigenvalue weighted by Gasteiger charge is 2.15. The summed E-state index contributed by atoms with van der Waals surface area (Å²) >= 11 is 5.74. The second kappa shape index (κ2) is 4.20. The van der Waals surface area contributed by atoms with Crippen molar-refractivity contribution in [1.82, 2.24) is 5.32 Å². The molecule has 0 saturated heterocycles. The van der Waals surface area contributed by atoms with E-state index in [1.165, 1.54) is 0 Å². The zero-order valence-corrected chi connectivity index (χ0v) is 8.13. The van der Waals surface area contributed by atoms with Crippen LogP contribution in [0.4, 0.5) is 0 Å². The third-order valence-electron chi connectivity index (χ3n) is 1.35. The van der Waals surface area contributed by atoms with Crippen molar-refractivity contribution in [2.75, 3.05) is 12.4 Å². The lowest BCUT2D eigenvalue weighted by molar-refractivity contribution is 0.369. The SMILES string of the molecule is CC(C)NCC(C)(C)CCl. The van der Waals surface area contributed by atoms with Crippen LogP contribution in [0.5, 0.6) is 0 Å². The lowest BCUT2D eigenvalue weighted by Gasteiger charge is -2.23. The monoisotopic (exact) mass is 163 g/mol. The van der Waals surface area contributed by atoms with E-state index in [2.05, 4.69) is 33.0 Å². The smallest absolute Gasteiger partial charge is 0.0286 e. The Balaban J connectivity index is 3.46. The van der Waals surface area contributed by atoms with Crippen LogP contribution in [0.3, 0.4) is 0 Å². The summed E-state index contributed by atoms with van der Waals surface area (Å²) < 4.78 is 0. The van der Waals surface area contributed by atoms with Crippen molar-refractivity contribution < 1.29 is 0 Å². The maximum Gasteiger partial charge on any atom is 0.0286 e. The lowest BCUT2D eigenvalue weighted by Crippen LogP contribution is -2.34. The third kappa shape index (κ3) is 5.07. The van der Waals surface area contributed by atoms with E-state index < -0.39 is 0 Å². The maximum atomic E-state index is 5.74. The van der Waals surface area contributed by atoms with Crippen LogP contribution in [0.2, 0.25) is 0 Å². The molecule has 1 nitrogen and oxygen atoms in total. The van der Waals surface area contributed by atoms with Gasteiger partial charge in [-0.25, -0.2) is 0 Å². The minimum absolute atomic E-state index is 0.228. The van der Waals surface area contributed by atoms with Gasteiger partial charge in [-0.1, -0.05) is 27.7 Å². The number of hydrogen-bond donors (Lipinski definition) is 1. The van der Waals surface area contributed by atoms with E-state index in [0.29, 0.717) is 11.9 Å². The molecule has 1 N–H and O–H groups in total. The summed E-state index contributed by atoms with van der Waals surface area (Å²) in [6, 6.07) is 0.558. The van der Waals surface area contributed by atoms with Gasteiger partial charge in [-0.3, -0.25) is 0 Å². The summed E-state index contributed by atoms with van der Waals surface area (Å²) in [4.78, 5) is 0. The van der Waals surface area contributed by atoms with Gasteiger partial charge in [0.05, 0.1) is 0 Å². The van der Waals surface area contributed by atoms with E-state index in [0.717, 1.165) is 6.54 Å². The predicted octanol–water partition coefficient (Wildman–Crippen LogP) is 2.25. The Labute approximate surface area is 69.1 Å². The number of alkyl halides is 1. The minimum atomic E-state index is 0.228. The molecule has 0 unspecified atom stereocenters. The molecule has 0 aliphatic rings. The molecule has 0 spiro atoms. The first kappa shape index (κ1) is 10.2. The molecule has 2 heteroatoms. The predicted molar refractivity (Wildman–Crippen MR) is 47.6 cm³/mol. The van der Waals surface area contributed by atoms with Gasteiger partial charge in [0.1, 0.15) is 0 Å². The highest BCUT2D eigenvalue weighted by atomic mass is 35.5. The third-order valence-corrected chi connectivity index (χ3v) is 2.07. The first-order chi connectivity index (χ1) is 4.48. The van der Waals surface area contributed by atoms with E-state index in [-0.39, 0.29) is 5.41 Å². The molecule has 0 aliphatic heterocycles. The van der Waals surface area contributed by atoms with Crippen molar-refractivity contribution in [3.63, 3.8) is 0 Å². The second-order valence-corrected chi connectivity index (χ2v) is 4.10. The Morgan fingerprint density at radius 1 is 1.40 bits per heavy atom. The van der Waals surface area contributed by atoms with Gasteiger partial charge < -0.3 is 5.32 Å². The molecule has 0 aromatic rings. The van der Waals surface area contributed by atoms with Crippen LogP contribution in [0, 0.1) is 5.41 Å². The molecule has 62 valence electrons. The molecule has 0 saturated carbocycles. The Morgan fingerprint density at radius 2 is 1.90 bits per heavy atom. The largest absolute Gasteiger partial charge is 0.314 e. The Bertz CT molecular complexity index is 89.3. The molecule has 0 fully saturated rings. The van der Waals surface area contributed by atoms with Crippen molar-refractivity contribution in [3.8, 4) is 0 Å². The number of halogens is 1. The molecule has 10 heavy (non-hydrogen) atoms. The normalized spacial score (nSPS) is 12.6. The van der Waals surface area contributed by atoms with Crippen molar-refractivity contribution in [2.24, 2.45) is 5.41 Å². The maximum absolute atomic E-state index is 5.74. The van der Waals surface area contributed by atoms with Gasteiger partial charge in [0, 0.05) is 18.5 Å². The van der Waals surface area contributed by atoms with E-state index in [1.807, 2.05) is 0 Å². The topological polar surface area (TPSA) is 12.0 Å². The van der Waals surface area contributed by atoms with Crippen LogP contribution in [-0.2, 0) is 0 Å². The van der Waals surface area contributed by atoms with Gasteiger partial charge in [0.25, 0.3) is 0 Å². The summed E-state index contributed by atoms with van der Waals surface area (Å²) in [6.07, 6.45) is 0. The summed E-state index contributed by atoms with van der Waals surface area (Å²) in [5.41, 5.74) is 0.228. The van der Waals surface area contributed by atoms with E-state index in [9.17, 15) is 0 Å². The quantitative estimate of drug-likeness (QED) is 0.627. The summed E-state index contributed by atoms with van der Waals surface area (Å²) in [5, 5.41) is 3.35. The molecular formula is C8H18ClN. The lowest BCUT2D eigenvalue weighted by atomic mass is 9.96. The minimum Gasteiger partial charge on any atom is -0.314 e. The van der Waals surface area contributed by atoms with Crippen LogP contribution < -0.4 is 5.32 Å². The van der Waals surface area contributed by atoms with Crippen molar-refractivity contribution in [3.05, 3.63) is 0 Å². The fourth-order valence-corrected chi connectivity index (χ4v) is 0.622. The Hall–Kier alpha value is 0.250. The van der Waals surface area contributed by atoms with Crippen molar-refractivity contribution in [1.29, 1.82) is 0 Å². The average Bonchev–Trinajstić information content (AvgIpc) is 1.85. The highest BCUT2D eigenvalue weighted by molar-refractivity contribution is 6.18. The van der Waals surface area contributed by atoms with Crippen LogP contribution in [0.1, 0.15) is 27.7 Å². The van der Waals surface area contributed by atoms with Crippen LogP contribution in [0.25, 0.3) is 0 Å². The first-order valence-electron chi connectivity index (χ1n) is 3.77. The first-order valence-corrected chi connectivity index (χ1v) is 4.31.